The van der Waals surface area contributed by atoms with Gasteiger partial charge in [0.2, 0.25) is 0 Å². The number of aromatic nitrogens is 2. The Morgan fingerprint density at radius 1 is 1.30 bits per heavy atom. The molecule has 1 amide bonds. The number of anilines is 1. The van der Waals surface area contributed by atoms with Gasteiger partial charge in [0.05, 0.1) is 16.2 Å². The van der Waals surface area contributed by atoms with Gasteiger partial charge in [-0.25, -0.2) is 9.97 Å². The molecule has 4 nitrogen and oxygen atoms in total. The summed E-state index contributed by atoms with van der Waals surface area (Å²) in [6, 6.07) is 9.01. The molecule has 0 spiro atoms. The highest BCUT2D eigenvalue weighted by atomic mass is 35.5. The average molecular weight is 304 g/mol. The van der Waals surface area contributed by atoms with Crippen LogP contribution in [0.1, 0.15) is 16.2 Å². The summed E-state index contributed by atoms with van der Waals surface area (Å²) in [4.78, 5) is 20.7. The molecule has 1 N–H and O–H groups in total. The normalized spacial score (nSPS) is 10.7. The van der Waals surface area contributed by atoms with E-state index in [-0.39, 0.29) is 11.6 Å². The molecule has 3 aromatic rings. The summed E-state index contributed by atoms with van der Waals surface area (Å²) >= 11 is 7.56. The topological polar surface area (TPSA) is 54.9 Å². The maximum absolute atomic E-state index is 12.2. The van der Waals surface area contributed by atoms with Crippen molar-refractivity contribution in [2.45, 2.75) is 6.92 Å². The summed E-state index contributed by atoms with van der Waals surface area (Å²) in [6.45, 7) is 1.87. The largest absolute Gasteiger partial charge is 0.296 e. The molecule has 0 radical (unpaired) electrons. The summed E-state index contributed by atoms with van der Waals surface area (Å²) in [7, 11) is 0. The van der Waals surface area contributed by atoms with Gasteiger partial charge in [-0.1, -0.05) is 29.8 Å². The minimum absolute atomic E-state index is 0.279. The molecule has 0 aliphatic carbocycles. The highest BCUT2D eigenvalue weighted by molar-refractivity contribution is 7.13. The second-order valence-electron chi connectivity index (χ2n) is 4.25. The molecule has 0 bridgehead atoms. The molecule has 0 fully saturated rings. The smallest absolute Gasteiger partial charge is 0.276 e. The summed E-state index contributed by atoms with van der Waals surface area (Å²) in [5.41, 5.74) is 1.84. The minimum atomic E-state index is -0.313. The van der Waals surface area contributed by atoms with Crippen LogP contribution in [0.25, 0.3) is 10.9 Å². The van der Waals surface area contributed by atoms with E-state index < -0.39 is 0 Å². The number of fused-ring (bicyclic) bond motifs is 1. The van der Waals surface area contributed by atoms with Gasteiger partial charge in [-0.3, -0.25) is 10.1 Å². The summed E-state index contributed by atoms with van der Waals surface area (Å²) in [5, 5.41) is 6.48. The highest BCUT2D eigenvalue weighted by Crippen LogP contribution is 2.23. The Labute approximate surface area is 124 Å². The van der Waals surface area contributed by atoms with Gasteiger partial charge in [-0.2, -0.15) is 0 Å². The fraction of sp³-hybridized carbons (Fsp3) is 0.0714. The zero-order chi connectivity index (χ0) is 14.1. The third-order valence-electron chi connectivity index (χ3n) is 2.74. The van der Waals surface area contributed by atoms with E-state index in [4.69, 9.17) is 11.6 Å². The molecule has 0 atom stereocenters. The van der Waals surface area contributed by atoms with E-state index in [0.29, 0.717) is 15.7 Å². The molecular weight excluding hydrogens is 294 g/mol. The Balaban J connectivity index is 1.95. The van der Waals surface area contributed by atoms with E-state index in [0.717, 1.165) is 11.1 Å². The Hall–Kier alpha value is -1.98. The zero-order valence-electron chi connectivity index (χ0n) is 10.6. The van der Waals surface area contributed by atoms with E-state index in [1.165, 1.54) is 11.3 Å². The molecule has 0 aliphatic heterocycles. The summed E-state index contributed by atoms with van der Waals surface area (Å²) < 4.78 is 0. The number of rotatable bonds is 2. The first-order valence-electron chi connectivity index (χ1n) is 5.92. The van der Waals surface area contributed by atoms with Gasteiger partial charge in [0, 0.05) is 10.8 Å². The first kappa shape index (κ1) is 13.0. The number of aryl methyl sites for hydroxylation is 1. The van der Waals surface area contributed by atoms with Gasteiger partial charge in [-0.05, 0) is 19.1 Å². The van der Waals surface area contributed by atoms with Gasteiger partial charge < -0.3 is 0 Å². The summed E-state index contributed by atoms with van der Waals surface area (Å²) in [5.74, 6) is -0.313. The molecule has 100 valence electrons. The van der Waals surface area contributed by atoms with E-state index in [1.807, 2.05) is 36.6 Å². The van der Waals surface area contributed by atoms with Crippen LogP contribution in [0, 0.1) is 6.92 Å². The molecule has 20 heavy (non-hydrogen) atoms. The second-order valence-corrected chi connectivity index (χ2v) is 5.52. The van der Waals surface area contributed by atoms with Crippen molar-refractivity contribution in [1.82, 2.24) is 9.97 Å². The van der Waals surface area contributed by atoms with Crippen molar-refractivity contribution < 1.29 is 4.79 Å². The van der Waals surface area contributed by atoms with Gasteiger partial charge in [0.1, 0.15) is 5.69 Å². The van der Waals surface area contributed by atoms with E-state index in [9.17, 15) is 4.79 Å². The van der Waals surface area contributed by atoms with Gasteiger partial charge in [-0.15, -0.1) is 11.3 Å². The van der Waals surface area contributed by atoms with Crippen molar-refractivity contribution in [3.8, 4) is 0 Å². The highest BCUT2D eigenvalue weighted by Gasteiger charge is 2.12. The lowest BCUT2D eigenvalue weighted by Gasteiger charge is -2.05. The molecule has 0 saturated carbocycles. The number of carbonyl (C=O) groups excluding carboxylic acids is 1. The standard InChI is InChI=1S/C14H10ClN3OS/c1-8-7-20-14(16-8)18-13(19)12-6-10(15)9-4-2-3-5-11(9)17-12/h2-7H,1H3,(H,16,18,19). The number of para-hydroxylation sites is 1. The molecule has 0 saturated heterocycles. The lowest BCUT2D eigenvalue weighted by molar-refractivity contribution is 0.102. The van der Waals surface area contributed by atoms with Crippen molar-refractivity contribution in [1.29, 1.82) is 0 Å². The molecule has 0 aliphatic rings. The van der Waals surface area contributed by atoms with Gasteiger partial charge in [0.15, 0.2) is 5.13 Å². The average Bonchev–Trinajstić information content (AvgIpc) is 2.84. The van der Waals surface area contributed by atoms with Crippen LogP contribution in [0.4, 0.5) is 5.13 Å². The monoisotopic (exact) mass is 303 g/mol. The number of halogens is 1. The van der Waals surface area contributed by atoms with Crippen LogP contribution in [0.2, 0.25) is 5.02 Å². The lowest BCUT2D eigenvalue weighted by atomic mass is 10.2. The summed E-state index contributed by atoms with van der Waals surface area (Å²) in [6.07, 6.45) is 0. The van der Waals surface area contributed by atoms with Crippen LogP contribution in [0.15, 0.2) is 35.7 Å². The predicted octanol–water partition coefficient (Wildman–Crippen LogP) is 3.91. The third kappa shape index (κ3) is 2.50. The first-order valence-corrected chi connectivity index (χ1v) is 7.18. The lowest BCUT2D eigenvalue weighted by Crippen LogP contribution is -2.13. The van der Waals surface area contributed by atoms with Crippen LogP contribution in [-0.4, -0.2) is 15.9 Å². The maximum Gasteiger partial charge on any atom is 0.276 e. The van der Waals surface area contributed by atoms with Crippen LogP contribution in [0.3, 0.4) is 0 Å². The fourth-order valence-electron chi connectivity index (χ4n) is 1.82. The number of nitrogens with zero attached hydrogens (tertiary/aromatic N) is 2. The maximum atomic E-state index is 12.2. The number of hydrogen-bond acceptors (Lipinski definition) is 4. The third-order valence-corrected chi connectivity index (χ3v) is 3.93. The number of pyridine rings is 1. The number of hydrogen-bond donors (Lipinski definition) is 1. The molecule has 0 unspecified atom stereocenters. The molecule has 2 heterocycles. The molecule has 6 heteroatoms. The van der Waals surface area contributed by atoms with Crippen molar-refractivity contribution in [2.24, 2.45) is 0 Å². The fourth-order valence-corrected chi connectivity index (χ4v) is 2.77. The van der Waals surface area contributed by atoms with Gasteiger partial charge >= 0.3 is 0 Å². The first-order chi connectivity index (χ1) is 9.63. The van der Waals surface area contributed by atoms with Crippen LogP contribution >= 0.6 is 22.9 Å². The SMILES string of the molecule is Cc1csc(NC(=O)c2cc(Cl)c3ccccc3n2)n1. The molecule has 1 aromatic carbocycles. The minimum Gasteiger partial charge on any atom is -0.296 e. The van der Waals surface area contributed by atoms with E-state index in [2.05, 4.69) is 15.3 Å². The number of benzene rings is 1. The van der Waals surface area contributed by atoms with Crippen molar-refractivity contribution in [3.63, 3.8) is 0 Å². The molecule has 3 rings (SSSR count). The molecular formula is C14H10ClN3OS. The van der Waals surface area contributed by atoms with Crippen molar-refractivity contribution >= 4 is 44.9 Å². The number of carbonyl (C=O) groups is 1. The van der Waals surface area contributed by atoms with Crippen LogP contribution in [0.5, 0.6) is 0 Å². The Morgan fingerprint density at radius 2 is 2.10 bits per heavy atom. The zero-order valence-corrected chi connectivity index (χ0v) is 12.1. The number of thiazole rings is 1. The Bertz CT molecular complexity index is 800. The van der Waals surface area contributed by atoms with Crippen molar-refractivity contribution in [3.05, 3.63) is 52.1 Å². The Kier molecular flexibility index (Phi) is 3.38. The Morgan fingerprint density at radius 3 is 2.85 bits per heavy atom. The quantitative estimate of drug-likeness (QED) is 0.781. The molecule has 2 aromatic heterocycles. The van der Waals surface area contributed by atoms with Gasteiger partial charge in [0.25, 0.3) is 5.91 Å². The number of amides is 1. The van der Waals surface area contributed by atoms with Crippen LogP contribution < -0.4 is 5.32 Å². The van der Waals surface area contributed by atoms with E-state index in [1.54, 1.807) is 6.07 Å². The van der Waals surface area contributed by atoms with Crippen molar-refractivity contribution in [2.75, 3.05) is 5.32 Å². The predicted molar refractivity (Wildman–Crippen MR) is 81.6 cm³/mol. The second kappa shape index (κ2) is 5.19. The number of nitrogens with one attached hydrogen (secondary N) is 1. The van der Waals surface area contributed by atoms with Crippen LogP contribution in [-0.2, 0) is 0 Å². The van der Waals surface area contributed by atoms with E-state index >= 15 is 0 Å².